The number of aromatic hydroxyl groups is 2. The Hall–Kier alpha value is -1.30. The summed E-state index contributed by atoms with van der Waals surface area (Å²) < 4.78 is 0. The first-order valence-electron chi connectivity index (χ1n) is 8.06. The van der Waals surface area contributed by atoms with E-state index in [0.717, 1.165) is 24.9 Å². The van der Waals surface area contributed by atoms with Gasteiger partial charge in [-0.3, -0.25) is 9.69 Å². The van der Waals surface area contributed by atoms with Crippen LogP contribution in [0.5, 0.6) is 11.5 Å². The average molecular weight is 340 g/mol. The van der Waals surface area contributed by atoms with Crippen LogP contribution in [0.15, 0.2) is 12.1 Å². The van der Waals surface area contributed by atoms with Crippen molar-refractivity contribution in [3.8, 4) is 11.5 Å². The Morgan fingerprint density at radius 3 is 2.70 bits per heavy atom. The zero-order chi connectivity index (χ0) is 16.6. The third-order valence-electron chi connectivity index (χ3n) is 5.36. The van der Waals surface area contributed by atoms with Gasteiger partial charge in [-0.15, -0.1) is 0 Å². The van der Waals surface area contributed by atoms with Gasteiger partial charge in [-0.2, -0.15) is 0 Å². The van der Waals surface area contributed by atoms with E-state index in [-0.39, 0.29) is 24.3 Å². The summed E-state index contributed by atoms with van der Waals surface area (Å²) in [6.45, 7) is 0.737. The van der Waals surface area contributed by atoms with Crippen LogP contribution in [-0.4, -0.2) is 45.3 Å². The van der Waals surface area contributed by atoms with Gasteiger partial charge in [0.25, 0.3) is 0 Å². The first-order chi connectivity index (χ1) is 11.0. The quantitative estimate of drug-likeness (QED) is 0.736. The average Bonchev–Trinajstić information content (AvgIpc) is 2.52. The number of likely N-dealkylation sites (tertiary alicyclic amines) is 1. The number of hydrogen-bond acceptors (Lipinski definition) is 5. The molecule has 0 amide bonds. The van der Waals surface area contributed by atoms with Crippen molar-refractivity contribution in [3.63, 3.8) is 0 Å². The second-order valence-electron chi connectivity index (χ2n) is 6.65. The van der Waals surface area contributed by atoms with Crippen molar-refractivity contribution in [1.82, 2.24) is 4.90 Å². The second-order valence-corrected chi connectivity index (χ2v) is 7.06. The zero-order valence-electron chi connectivity index (χ0n) is 12.9. The van der Waals surface area contributed by atoms with Gasteiger partial charge in [-0.05, 0) is 42.7 Å². The smallest absolute Gasteiger partial charge is 0.158 e. The Balaban J connectivity index is 1.85. The molecule has 1 aliphatic heterocycles. The Kier molecular flexibility index (Phi) is 4.80. The van der Waals surface area contributed by atoms with Gasteiger partial charge >= 0.3 is 0 Å². The lowest BCUT2D eigenvalue weighted by molar-refractivity contribution is -0.125. The lowest BCUT2D eigenvalue weighted by Crippen LogP contribution is -2.52. The molecule has 0 aromatic heterocycles. The highest BCUT2D eigenvalue weighted by Crippen LogP contribution is 2.41. The molecule has 2 unspecified atom stereocenters. The maximum absolute atomic E-state index is 11.7. The second kappa shape index (κ2) is 6.67. The van der Waals surface area contributed by atoms with Gasteiger partial charge in [0, 0.05) is 36.5 Å². The molecule has 1 heterocycles. The third kappa shape index (κ3) is 3.32. The predicted octanol–water partition coefficient (Wildman–Crippen LogP) is 2.30. The molecular weight excluding hydrogens is 318 g/mol. The molecule has 5 nitrogen and oxygen atoms in total. The molecule has 3 atom stereocenters. The summed E-state index contributed by atoms with van der Waals surface area (Å²) in [7, 11) is 0. The van der Waals surface area contributed by atoms with E-state index in [9.17, 15) is 20.1 Å². The lowest BCUT2D eigenvalue weighted by atomic mass is 9.69. The van der Waals surface area contributed by atoms with E-state index in [4.69, 9.17) is 11.6 Å². The molecule has 126 valence electrons. The van der Waals surface area contributed by atoms with Crippen LogP contribution in [-0.2, 0) is 11.2 Å². The fourth-order valence-electron chi connectivity index (χ4n) is 4.13. The molecule has 1 aromatic rings. The number of phenols is 2. The molecule has 0 radical (unpaired) electrons. The van der Waals surface area contributed by atoms with E-state index in [1.165, 1.54) is 12.1 Å². The van der Waals surface area contributed by atoms with Gasteiger partial charge in [-0.1, -0.05) is 11.6 Å². The number of nitrogens with zero attached hydrogens (tertiary/aromatic N) is 1. The van der Waals surface area contributed by atoms with E-state index in [1.807, 2.05) is 4.90 Å². The van der Waals surface area contributed by atoms with Crippen molar-refractivity contribution < 1.29 is 20.1 Å². The number of fused-ring (bicyclic) bond motifs is 1. The SMILES string of the molecule is O=C1CCC2C(CCN(CO)[C@@H]2Cc2cc(O)c(O)cc2Cl)C1. The molecule has 1 aromatic carbocycles. The van der Waals surface area contributed by atoms with E-state index in [1.54, 1.807) is 0 Å². The zero-order valence-corrected chi connectivity index (χ0v) is 13.7. The Morgan fingerprint density at radius 2 is 1.96 bits per heavy atom. The number of piperidine rings is 1. The molecule has 2 aliphatic rings. The molecule has 1 aliphatic carbocycles. The largest absolute Gasteiger partial charge is 0.504 e. The lowest BCUT2D eigenvalue weighted by Gasteiger charge is -2.47. The van der Waals surface area contributed by atoms with Crippen molar-refractivity contribution in [1.29, 1.82) is 0 Å². The fraction of sp³-hybridized carbons (Fsp3) is 0.588. The molecule has 1 saturated carbocycles. The minimum atomic E-state index is -0.234. The van der Waals surface area contributed by atoms with Gasteiger partial charge in [0.15, 0.2) is 11.5 Å². The van der Waals surface area contributed by atoms with Crippen molar-refractivity contribution in [2.75, 3.05) is 13.3 Å². The highest BCUT2D eigenvalue weighted by molar-refractivity contribution is 6.31. The molecule has 0 bridgehead atoms. The topological polar surface area (TPSA) is 81.0 Å². The van der Waals surface area contributed by atoms with Crippen LogP contribution in [0.4, 0.5) is 0 Å². The molecule has 6 heteroatoms. The molecule has 2 fully saturated rings. The molecule has 3 rings (SSSR count). The van der Waals surface area contributed by atoms with Crippen molar-refractivity contribution >= 4 is 17.4 Å². The summed E-state index contributed by atoms with van der Waals surface area (Å²) in [6, 6.07) is 2.93. The summed E-state index contributed by atoms with van der Waals surface area (Å²) in [5.74, 6) is 0.630. The van der Waals surface area contributed by atoms with Gasteiger partial charge in [0.2, 0.25) is 0 Å². The molecular formula is C17H22ClNO4. The molecule has 23 heavy (non-hydrogen) atoms. The highest BCUT2D eigenvalue weighted by atomic mass is 35.5. The molecule has 3 N–H and O–H groups in total. The van der Waals surface area contributed by atoms with Crippen LogP contribution in [0.2, 0.25) is 5.02 Å². The number of hydrogen-bond donors (Lipinski definition) is 3. The first-order valence-corrected chi connectivity index (χ1v) is 8.44. The van der Waals surface area contributed by atoms with Gasteiger partial charge in [-0.25, -0.2) is 0 Å². The van der Waals surface area contributed by atoms with E-state index in [0.29, 0.717) is 41.9 Å². The number of rotatable bonds is 3. The fourth-order valence-corrected chi connectivity index (χ4v) is 4.37. The maximum atomic E-state index is 11.7. The highest BCUT2D eigenvalue weighted by Gasteiger charge is 2.41. The van der Waals surface area contributed by atoms with Gasteiger partial charge in [0.1, 0.15) is 5.78 Å². The van der Waals surface area contributed by atoms with E-state index < -0.39 is 0 Å². The monoisotopic (exact) mass is 339 g/mol. The number of aliphatic hydroxyl groups is 1. The van der Waals surface area contributed by atoms with Crippen LogP contribution in [0, 0.1) is 11.8 Å². The van der Waals surface area contributed by atoms with E-state index >= 15 is 0 Å². The minimum Gasteiger partial charge on any atom is -0.504 e. The number of aliphatic hydroxyl groups excluding tert-OH is 1. The number of ketones is 1. The summed E-state index contributed by atoms with van der Waals surface area (Å²) in [5, 5.41) is 29.3. The molecule has 1 saturated heterocycles. The van der Waals surface area contributed by atoms with Crippen LogP contribution in [0.3, 0.4) is 0 Å². The molecule has 0 spiro atoms. The number of phenolic OH excluding ortho intramolecular Hbond substituents is 2. The number of benzene rings is 1. The number of carbonyl (C=O) groups excluding carboxylic acids is 1. The van der Waals surface area contributed by atoms with Crippen molar-refractivity contribution in [3.05, 3.63) is 22.7 Å². The van der Waals surface area contributed by atoms with Crippen LogP contribution < -0.4 is 0 Å². The third-order valence-corrected chi connectivity index (χ3v) is 5.71. The van der Waals surface area contributed by atoms with Crippen LogP contribution >= 0.6 is 11.6 Å². The summed E-state index contributed by atoms with van der Waals surface area (Å²) in [6.07, 6.45) is 3.59. The van der Waals surface area contributed by atoms with E-state index in [2.05, 4.69) is 0 Å². The normalized spacial score (nSPS) is 28.6. The van der Waals surface area contributed by atoms with Crippen molar-refractivity contribution in [2.24, 2.45) is 11.8 Å². The Labute approximate surface area is 140 Å². The number of Topliss-reactive ketones (excluding diaryl/α,β-unsaturated/α-hetero) is 1. The summed E-state index contributed by atoms with van der Waals surface area (Å²) in [4.78, 5) is 13.8. The number of carbonyl (C=O) groups is 1. The van der Waals surface area contributed by atoms with Crippen LogP contribution in [0.1, 0.15) is 31.2 Å². The Bertz CT molecular complexity index is 607. The van der Waals surface area contributed by atoms with Crippen molar-refractivity contribution in [2.45, 2.75) is 38.1 Å². The Morgan fingerprint density at radius 1 is 1.22 bits per heavy atom. The van der Waals surface area contributed by atoms with Gasteiger partial charge in [0.05, 0.1) is 6.73 Å². The summed E-state index contributed by atoms with van der Waals surface area (Å²) >= 11 is 6.20. The number of halogens is 1. The minimum absolute atomic E-state index is 0.0243. The predicted molar refractivity (Wildman–Crippen MR) is 86.5 cm³/mol. The standard InChI is InChI=1S/C17H22ClNO4/c18-14-8-17(23)16(22)7-11(14)6-15-13-2-1-12(21)5-10(13)3-4-19(15)9-20/h7-8,10,13,15,20,22-23H,1-6,9H2/t10?,13?,15-/m1/s1. The van der Waals surface area contributed by atoms with Crippen LogP contribution in [0.25, 0.3) is 0 Å². The maximum Gasteiger partial charge on any atom is 0.158 e. The summed E-state index contributed by atoms with van der Waals surface area (Å²) in [5.41, 5.74) is 0.753. The first kappa shape index (κ1) is 16.6. The van der Waals surface area contributed by atoms with Gasteiger partial charge < -0.3 is 15.3 Å².